The summed E-state index contributed by atoms with van der Waals surface area (Å²) in [7, 11) is 1.71. The summed E-state index contributed by atoms with van der Waals surface area (Å²) in [6.45, 7) is 12.2. The zero-order valence-electron chi connectivity index (χ0n) is 15.8. The summed E-state index contributed by atoms with van der Waals surface area (Å²) in [6.07, 6.45) is 0. The first-order valence-electron chi connectivity index (χ1n) is 8.38. The van der Waals surface area contributed by atoms with E-state index in [9.17, 15) is 4.79 Å². The first kappa shape index (κ1) is 18.7. The minimum atomic E-state index is -0.731. The number of hydrogen-bond donors (Lipinski definition) is 0. The third kappa shape index (κ3) is 2.31. The fourth-order valence-corrected chi connectivity index (χ4v) is 6.44. The van der Waals surface area contributed by atoms with Crippen molar-refractivity contribution in [2.45, 2.75) is 57.5 Å². The van der Waals surface area contributed by atoms with Crippen LogP contribution in [0.5, 0.6) is 5.75 Å². The molecule has 0 spiro atoms. The number of carbonyl (C=O) groups is 1. The summed E-state index contributed by atoms with van der Waals surface area (Å²) >= 11 is 1.61. The Labute approximate surface area is 153 Å². The topological polar surface area (TPSA) is 54.0 Å². The first-order valence-corrected chi connectivity index (χ1v) is 9.26. The molecular weight excluding hydrogens is 340 g/mol. The zero-order valence-corrected chi connectivity index (χ0v) is 16.7. The monoisotopic (exact) mass is 366 g/mol. The molecule has 1 aromatic carbocycles. The van der Waals surface area contributed by atoms with Gasteiger partial charge in [-0.3, -0.25) is 4.79 Å². The number of rotatable bonds is 3. The van der Waals surface area contributed by atoms with Crippen LogP contribution in [-0.2, 0) is 24.2 Å². The maximum atomic E-state index is 11.3. The minimum absolute atomic E-state index is 0.105. The van der Waals surface area contributed by atoms with Crippen molar-refractivity contribution in [2.75, 3.05) is 7.11 Å². The summed E-state index contributed by atoms with van der Waals surface area (Å²) in [5.74, 6) is 0.147. The normalized spacial score (nSPS) is 33.5. The van der Waals surface area contributed by atoms with Crippen LogP contribution in [0, 0.1) is 10.8 Å². The van der Waals surface area contributed by atoms with Crippen LogP contribution in [0.25, 0.3) is 0 Å². The summed E-state index contributed by atoms with van der Waals surface area (Å²) < 4.78 is 11.1. The minimum Gasteiger partial charge on any atom is -0.427 e. The quantitative estimate of drug-likeness (QED) is 0.453. The number of thioether (sulfide) groups is 1. The molecule has 2 fully saturated rings. The fourth-order valence-electron chi connectivity index (χ4n) is 4.48. The molecule has 3 unspecified atom stereocenters. The average molecular weight is 366 g/mol. The summed E-state index contributed by atoms with van der Waals surface area (Å²) in [6, 6.07) is 7.46. The van der Waals surface area contributed by atoms with Gasteiger partial charge >= 0.3 is 5.97 Å². The number of hydrogen-bond acceptors (Lipinski definition) is 6. The van der Waals surface area contributed by atoms with Crippen LogP contribution in [0.15, 0.2) is 24.3 Å². The Bertz CT molecular complexity index is 695. The van der Waals surface area contributed by atoms with Gasteiger partial charge in [-0.2, -0.15) is 0 Å². The largest absolute Gasteiger partial charge is 0.427 e. The van der Waals surface area contributed by atoms with E-state index < -0.39 is 10.5 Å². The molecule has 5 nitrogen and oxygen atoms in total. The highest BCUT2D eigenvalue weighted by Gasteiger charge is 2.83. The van der Waals surface area contributed by atoms with Crippen LogP contribution in [-0.4, -0.2) is 24.1 Å². The van der Waals surface area contributed by atoms with Crippen LogP contribution in [0.4, 0.5) is 0 Å². The van der Waals surface area contributed by atoms with Crippen molar-refractivity contribution in [1.29, 1.82) is 0 Å². The van der Waals surface area contributed by atoms with Gasteiger partial charge in [-0.1, -0.05) is 58.5 Å². The Hall–Kier alpha value is -1.08. The molecule has 2 aliphatic rings. The van der Waals surface area contributed by atoms with E-state index >= 15 is 0 Å². The molecule has 3 atom stereocenters. The maximum absolute atomic E-state index is 11.3. The lowest BCUT2D eigenvalue weighted by atomic mass is 9.57. The van der Waals surface area contributed by atoms with Gasteiger partial charge in [0.1, 0.15) is 11.2 Å². The molecule has 2 saturated heterocycles. The van der Waals surface area contributed by atoms with Crippen molar-refractivity contribution < 1.29 is 24.0 Å². The van der Waals surface area contributed by atoms with E-state index in [2.05, 4.69) is 34.6 Å². The average Bonchev–Trinajstić information content (AvgIpc) is 2.58. The van der Waals surface area contributed by atoms with Crippen molar-refractivity contribution >= 4 is 17.7 Å². The van der Waals surface area contributed by atoms with E-state index in [0.717, 1.165) is 5.56 Å². The molecule has 0 amide bonds. The second kappa shape index (κ2) is 5.71. The van der Waals surface area contributed by atoms with Crippen molar-refractivity contribution in [3.05, 3.63) is 29.8 Å². The third-order valence-corrected chi connectivity index (χ3v) is 7.18. The molecule has 2 heterocycles. The second-order valence-corrected chi connectivity index (χ2v) is 9.48. The maximum Gasteiger partial charge on any atom is 0.308 e. The molecule has 2 aliphatic heterocycles. The van der Waals surface area contributed by atoms with E-state index in [1.54, 1.807) is 24.9 Å². The predicted molar refractivity (Wildman–Crippen MR) is 96.0 cm³/mol. The van der Waals surface area contributed by atoms with Crippen molar-refractivity contribution in [3.8, 4) is 5.75 Å². The molecule has 0 aromatic heterocycles. The number of benzene rings is 1. The number of methoxy groups -OCH3 is 1. The van der Waals surface area contributed by atoms with Crippen LogP contribution in [0.3, 0.4) is 0 Å². The van der Waals surface area contributed by atoms with Gasteiger partial charge in [-0.15, -0.1) is 0 Å². The fraction of sp³-hybridized carbons (Fsp3) is 0.632. The second-order valence-electron chi connectivity index (χ2n) is 8.24. The van der Waals surface area contributed by atoms with E-state index in [0.29, 0.717) is 5.75 Å². The van der Waals surface area contributed by atoms with Crippen molar-refractivity contribution in [3.63, 3.8) is 0 Å². The Balaban J connectivity index is 2.15. The zero-order chi connectivity index (χ0) is 18.7. The number of ether oxygens (including phenoxy) is 2. The lowest BCUT2D eigenvalue weighted by Gasteiger charge is -2.62. The first-order chi connectivity index (χ1) is 11.5. The summed E-state index contributed by atoms with van der Waals surface area (Å²) in [5, 5.41) is 0. The SMILES string of the molecule is COC1SC2(c3cccc(OC(C)=O)c3)OOC2(C(C)(C)C)C1(C)C. The molecule has 1 aromatic rings. The third-order valence-electron chi connectivity index (χ3n) is 5.26. The van der Waals surface area contributed by atoms with Crippen molar-refractivity contribution in [1.82, 2.24) is 0 Å². The number of fused-ring (bicyclic) bond motifs is 1. The standard InChI is InChI=1S/C19H26O5S/c1-12(20)22-14-10-8-9-13(11-14)18-19(24-23-18,16(2,3)4)17(5,6)15(21-7)25-18/h8-11,15H,1-7H3. The molecule has 0 N–H and O–H groups in total. The Morgan fingerprint density at radius 1 is 1.24 bits per heavy atom. The Morgan fingerprint density at radius 2 is 1.92 bits per heavy atom. The van der Waals surface area contributed by atoms with Gasteiger partial charge in [0, 0.05) is 25.0 Å². The molecule has 0 bridgehead atoms. The molecule has 3 rings (SSSR count). The Morgan fingerprint density at radius 3 is 2.40 bits per heavy atom. The Kier molecular flexibility index (Phi) is 4.27. The molecule has 6 heteroatoms. The molecule has 138 valence electrons. The van der Waals surface area contributed by atoms with Gasteiger partial charge in [-0.05, 0) is 17.5 Å². The van der Waals surface area contributed by atoms with E-state index in [1.807, 2.05) is 18.2 Å². The lowest BCUT2D eigenvalue weighted by molar-refractivity contribution is -0.568. The van der Waals surface area contributed by atoms with Crippen LogP contribution >= 0.6 is 11.8 Å². The number of carbonyl (C=O) groups excluding carboxylic acids is 1. The predicted octanol–water partition coefficient (Wildman–Crippen LogP) is 4.26. The van der Waals surface area contributed by atoms with E-state index in [-0.39, 0.29) is 22.2 Å². The number of esters is 1. The highest BCUT2D eigenvalue weighted by atomic mass is 32.2. The van der Waals surface area contributed by atoms with Crippen molar-refractivity contribution in [2.24, 2.45) is 10.8 Å². The van der Waals surface area contributed by atoms with E-state index in [4.69, 9.17) is 19.2 Å². The summed E-state index contributed by atoms with van der Waals surface area (Å²) in [5.41, 5.74) is -0.323. The van der Waals surface area contributed by atoms with Crippen LogP contribution in [0.2, 0.25) is 0 Å². The molecule has 0 aliphatic carbocycles. The van der Waals surface area contributed by atoms with Gasteiger partial charge in [0.25, 0.3) is 0 Å². The molecule has 0 radical (unpaired) electrons. The van der Waals surface area contributed by atoms with Crippen LogP contribution < -0.4 is 4.74 Å². The highest BCUT2D eigenvalue weighted by Crippen LogP contribution is 2.76. The summed E-state index contributed by atoms with van der Waals surface area (Å²) in [4.78, 5) is 22.3. The van der Waals surface area contributed by atoms with E-state index in [1.165, 1.54) is 6.92 Å². The smallest absolute Gasteiger partial charge is 0.308 e. The van der Waals surface area contributed by atoms with Gasteiger partial charge in [0.2, 0.25) is 4.93 Å². The van der Waals surface area contributed by atoms with Gasteiger partial charge in [0.15, 0.2) is 5.60 Å². The van der Waals surface area contributed by atoms with Crippen LogP contribution in [0.1, 0.15) is 47.1 Å². The van der Waals surface area contributed by atoms with Gasteiger partial charge in [-0.25, -0.2) is 9.78 Å². The molecule has 25 heavy (non-hydrogen) atoms. The molecular formula is C19H26O5S. The van der Waals surface area contributed by atoms with Gasteiger partial charge < -0.3 is 9.47 Å². The highest BCUT2D eigenvalue weighted by molar-refractivity contribution is 8.01. The molecule has 0 saturated carbocycles. The van der Waals surface area contributed by atoms with Gasteiger partial charge in [0.05, 0.1) is 0 Å². The lowest BCUT2D eigenvalue weighted by Crippen LogP contribution is -2.72.